The molecule has 70 valence electrons. The first-order valence-corrected chi connectivity index (χ1v) is 3.81. The molecular formula is C10H10F2O. The number of hydrogen-bond donors (Lipinski definition) is 1. The molecule has 0 unspecified atom stereocenters. The number of rotatable bonds is 2. The van der Waals surface area contributed by atoms with Crippen molar-refractivity contribution in [3.63, 3.8) is 0 Å². The first-order chi connectivity index (χ1) is 6.06. The van der Waals surface area contributed by atoms with Crippen LogP contribution in [0.5, 0.6) is 0 Å². The van der Waals surface area contributed by atoms with Crippen molar-refractivity contribution in [3.05, 3.63) is 41.5 Å². The lowest BCUT2D eigenvalue weighted by molar-refractivity contribution is 0.275. The molecular weight excluding hydrogens is 174 g/mol. The lowest BCUT2D eigenvalue weighted by Crippen LogP contribution is -1.95. The maximum atomic E-state index is 13.0. The Balaban J connectivity index is 3.30. The van der Waals surface area contributed by atoms with Crippen LogP contribution in [0, 0.1) is 11.6 Å². The van der Waals surface area contributed by atoms with Crippen LogP contribution in [0.4, 0.5) is 8.78 Å². The first kappa shape index (κ1) is 9.86. The summed E-state index contributed by atoms with van der Waals surface area (Å²) >= 11 is 0. The molecule has 1 aromatic carbocycles. The number of aliphatic hydroxyl groups excluding tert-OH is 1. The number of allylic oxidation sites excluding steroid dienone is 1. The van der Waals surface area contributed by atoms with Gasteiger partial charge in [-0.25, -0.2) is 8.78 Å². The van der Waals surface area contributed by atoms with E-state index in [1.54, 1.807) is 6.92 Å². The molecule has 0 heterocycles. The predicted molar refractivity (Wildman–Crippen MR) is 47.0 cm³/mol. The summed E-state index contributed by atoms with van der Waals surface area (Å²) < 4.78 is 25.9. The van der Waals surface area contributed by atoms with Gasteiger partial charge in [0, 0.05) is 17.2 Å². The van der Waals surface area contributed by atoms with Crippen LogP contribution in [-0.4, -0.2) is 5.11 Å². The fourth-order valence-corrected chi connectivity index (χ4v) is 1.04. The van der Waals surface area contributed by atoms with E-state index in [0.29, 0.717) is 5.57 Å². The van der Waals surface area contributed by atoms with Crippen LogP contribution in [0.3, 0.4) is 0 Å². The zero-order chi connectivity index (χ0) is 10.0. The molecule has 1 nitrogen and oxygen atoms in total. The van der Waals surface area contributed by atoms with Crippen LogP contribution in [0.25, 0.3) is 5.57 Å². The molecule has 0 aliphatic rings. The summed E-state index contributed by atoms with van der Waals surface area (Å²) in [6, 6.07) is 2.03. The number of benzene rings is 1. The van der Waals surface area contributed by atoms with E-state index in [1.807, 2.05) is 0 Å². The topological polar surface area (TPSA) is 20.2 Å². The van der Waals surface area contributed by atoms with Crippen LogP contribution in [-0.2, 0) is 6.61 Å². The van der Waals surface area contributed by atoms with Gasteiger partial charge in [0.1, 0.15) is 11.6 Å². The molecule has 1 N–H and O–H groups in total. The standard InChI is InChI=1S/C10H10F2O/c1-6(2)8-3-7(5-13)9(11)4-10(8)12/h3-4,13H,1,5H2,2H3. The molecule has 0 saturated heterocycles. The summed E-state index contributed by atoms with van der Waals surface area (Å²) in [7, 11) is 0. The van der Waals surface area contributed by atoms with Gasteiger partial charge in [0.2, 0.25) is 0 Å². The van der Waals surface area contributed by atoms with Crippen molar-refractivity contribution < 1.29 is 13.9 Å². The zero-order valence-corrected chi connectivity index (χ0v) is 7.27. The van der Waals surface area contributed by atoms with Crippen molar-refractivity contribution >= 4 is 5.57 Å². The molecule has 0 bridgehead atoms. The van der Waals surface area contributed by atoms with Gasteiger partial charge in [-0.15, -0.1) is 0 Å². The maximum Gasteiger partial charge on any atom is 0.133 e. The summed E-state index contributed by atoms with van der Waals surface area (Å²) in [6.45, 7) is 4.73. The van der Waals surface area contributed by atoms with Gasteiger partial charge < -0.3 is 5.11 Å². The number of aliphatic hydroxyl groups is 1. The Bertz CT molecular complexity index is 345. The van der Waals surface area contributed by atoms with Gasteiger partial charge in [-0.2, -0.15) is 0 Å². The third-order valence-electron chi connectivity index (χ3n) is 1.77. The largest absolute Gasteiger partial charge is 0.392 e. The Labute approximate surface area is 75.3 Å². The number of halogens is 2. The Kier molecular flexibility index (Phi) is 2.78. The monoisotopic (exact) mass is 184 g/mol. The molecule has 0 spiro atoms. The van der Waals surface area contributed by atoms with Gasteiger partial charge >= 0.3 is 0 Å². The van der Waals surface area contributed by atoms with E-state index in [2.05, 4.69) is 6.58 Å². The quantitative estimate of drug-likeness (QED) is 0.748. The van der Waals surface area contributed by atoms with E-state index in [-0.39, 0.29) is 11.1 Å². The molecule has 0 atom stereocenters. The van der Waals surface area contributed by atoms with Crippen molar-refractivity contribution in [3.8, 4) is 0 Å². The molecule has 0 aromatic heterocycles. The second-order valence-electron chi connectivity index (χ2n) is 2.86. The molecule has 0 fully saturated rings. The second kappa shape index (κ2) is 3.66. The van der Waals surface area contributed by atoms with Gasteiger partial charge in [0.05, 0.1) is 6.61 Å². The van der Waals surface area contributed by atoms with Crippen molar-refractivity contribution in [2.45, 2.75) is 13.5 Å². The van der Waals surface area contributed by atoms with Gasteiger partial charge in [-0.3, -0.25) is 0 Å². The molecule has 0 aliphatic carbocycles. The molecule has 1 aromatic rings. The minimum atomic E-state index is -0.731. The lowest BCUT2D eigenvalue weighted by Gasteiger charge is -2.05. The first-order valence-electron chi connectivity index (χ1n) is 3.81. The molecule has 1 rings (SSSR count). The van der Waals surface area contributed by atoms with Crippen molar-refractivity contribution in [1.82, 2.24) is 0 Å². The summed E-state index contributed by atoms with van der Waals surface area (Å²) in [5.74, 6) is -1.38. The van der Waals surface area contributed by atoms with Crippen LogP contribution in [0.15, 0.2) is 18.7 Å². The van der Waals surface area contributed by atoms with E-state index >= 15 is 0 Å². The van der Waals surface area contributed by atoms with Crippen LogP contribution >= 0.6 is 0 Å². The van der Waals surface area contributed by atoms with E-state index < -0.39 is 18.2 Å². The van der Waals surface area contributed by atoms with E-state index in [4.69, 9.17) is 5.11 Å². The Morgan fingerprint density at radius 3 is 2.46 bits per heavy atom. The predicted octanol–water partition coefficient (Wildman–Crippen LogP) is 2.49. The summed E-state index contributed by atoms with van der Waals surface area (Å²) in [5, 5.41) is 8.72. The van der Waals surface area contributed by atoms with Crippen molar-refractivity contribution in [2.75, 3.05) is 0 Å². The summed E-state index contributed by atoms with van der Waals surface area (Å²) in [5.41, 5.74) is 0.831. The van der Waals surface area contributed by atoms with Crippen LogP contribution < -0.4 is 0 Å². The zero-order valence-electron chi connectivity index (χ0n) is 7.27. The van der Waals surface area contributed by atoms with Crippen LogP contribution in [0.2, 0.25) is 0 Å². The van der Waals surface area contributed by atoms with Crippen molar-refractivity contribution in [1.29, 1.82) is 0 Å². The average Bonchev–Trinajstić information content (AvgIpc) is 2.03. The fraction of sp³-hybridized carbons (Fsp3) is 0.200. The summed E-state index contributed by atoms with van der Waals surface area (Å²) in [4.78, 5) is 0. The highest BCUT2D eigenvalue weighted by atomic mass is 19.1. The van der Waals surface area contributed by atoms with Crippen LogP contribution in [0.1, 0.15) is 18.1 Å². The number of hydrogen-bond acceptors (Lipinski definition) is 1. The third kappa shape index (κ3) is 1.92. The molecule has 0 radical (unpaired) electrons. The van der Waals surface area contributed by atoms with Gasteiger partial charge in [0.15, 0.2) is 0 Å². The minimum Gasteiger partial charge on any atom is -0.392 e. The highest BCUT2D eigenvalue weighted by molar-refractivity contribution is 5.62. The van der Waals surface area contributed by atoms with Gasteiger partial charge in [-0.1, -0.05) is 6.58 Å². The summed E-state index contributed by atoms with van der Waals surface area (Å²) in [6.07, 6.45) is 0. The van der Waals surface area contributed by atoms with Crippen molar-refractivity contribution in [2.24, 2.45) is 0 Å². The molecule has 0 saturated carbocycles. The van der Waals surface area contributed by atoms with Gasteiger partial charge in [-0.05, 0) is 18.6 Å². The smallest absolute Gasteiger partial charge is 0.133 e. The normalized spacial score (nSPS) is 10.2. The van der Waals surface area contributed by atoms with E-state index in [9.17, 15) is 8.78 Å². The molecule has 0 aliphatic heterocycles. The highest BCUT2D eigenvalue weighted by Gasteiger charge is 2.09. The maximum absolute atomic E-state index is 13.0. The molecule has 3 heteroatoms. The van der Waals surface area contributed by atoms with E-state index in [0.717, 1.165) is 6.07 Å². The molecule has 0 amide bonds. The minimum absolute atomic E-state index is 0.0828. The molecule has 13 heavy (non-hydrogen) atoms. The Hall–Kier alpha value is -1.22. The second-order valence-corrected chi connectivity index (χ2v) is 2.86. The third-order valence-corrected chi connectivity index (χ3v) is 1.77. The fourth-order valence-electron chi connectivity index (χ4n) is 1.04. The van der Waals surface area contributed by atoms with Gasteiger partial charge in [0.25, 0.3) is 0 Å². The SMILES string of the molecule is C=C(C)c1cc(CO)c(F)cc1F. The Morgan fingerprint density at radius 1 is 1.38 bits per heavy atom. The average molecular weight is 184 g/mol. The highest BCUT2D eigenvalue weighted by Crippen LogP contribution is 2.20. The van der Waals surface area contributed by atoms with E-state index in [1.165, 1.54) is 6.07 Å². The lowest BCUT2D eigenvalue weighted by atomic mass is 10.0. The Morgan fingerprint density at radius 2 is 2.00 bits per heavy atom.